The van der Waals surface area contributed by atoms with Gasteiger partial charge in [-0.05, 0) is 50.3 Å². The molecule has 1 N–H and O–H groups in total. The Kier molecular flexibility index (Phi) is 6.52. The minimum Gasteiger partial charge on any atom is -0.314 e. The SMILES string of the molecule is Cl.N#Cc1c(Cl)cccc1S(=O)(=O)N1CCC(NCC2CC2)CC1. The van der Waals surface area contributed by atoms with Crippen molar-refractivity contribution in [3.05, 3.63) is 28.8 Å². The first kappa shape index (κ1) is 19.5. The Labute approximate surface area is 154 Å². The monoisotopic (exact) mass is 389 g/mol. The molecular weight excluding hydrogens is 369 g/mol. The molecule has 3 rings (SSSR count). The Morgan fingerprint density at radius 3 is 2.50 bits per heavy atom. The molecule has 1 aromatic rings. The zero-order chi connectivity index (χ0) is 16.4. The Morgan fingerprint density at radius 1 is 1.25 bits per heavy atom. The van der Waals surface area contributed by atoms with E-state index in [0.29, 0.717) is 19.1 Å². The number of hydrogen-bond acceptors (Lipinski definition) is 4. The van der Waals surface area contributed by atoms with Gasteiger partial charge in [-0.1, -0.05) is 17.7 Å². The number of halogens is 2. The molecule has 0 aromatic heterocycles. The number of nitriles is 1. The van der Waals surface area contributed by atoms with Gasteiger partial charge in [0.15, 0.2) is 0 Å². The van der Waals surface area contributed by atoms with Gasteiger partial charge in [0.25, 0.3) is 0 Å². The van der Waals surface area contributed by atoms with E-state index in [1.165, 1.54) is 29.3 Å². The van der Waals surface area contributed by atoms with Gasteiger partial charge in [-0.2, -0.15) is 9.57 Å². The van der Waals surface area contributed by atoms with E-state index in [4.69, 9.17) is 11.6 Å². The molecule has 1 heterocycles. The molecule has 8 heteroatoms. The van der Waals surface area contributed by atoms with Crippen LogP contribution in [0.4, 0.5) is 0 Å². The smallest absolute Gasteiger partial charge is 0.244 e. The van der Waals surface area contributed by atoms with Crippen molar-refractivity contribution < 1.29 is 8.42 Å². The summed E-state index contributed by atoms with van der Waals surface area (Å²) < 4.78 is 27.1. The minimum absolute atomic E-state index is 0. The number of piperidine rings is 1. The van der Waals surface area contributed by atoms with Crippen LogP contribution in [0.15, 0.2) is 23.1 Å². The summed E-state index contributed by atoms with van der Waals surface area (Å²) in [7, 11) is -3.67. The predicted octanol–water partition coefficient (Wildman–Crippen LogP) is 2.79. The topological polar surface area (TPSA) is 73.2 Å². The van der Waals surface area contributed by atoms with E-state index >= 15 is 0 Å². The van der Waals surface area contributed by atoms with Crippen LogP contribution in [0.1, 0.15) is 31.2 Å². The maximum absolute atomic E-state index is 12.8. The van der Waals surface area contributed by atoms with Crippen LogP contribution in [-0.2, 0) is 10.0 Å². The van der Waals surface area contributed by atoms with Crippen LogP contribution < -0.4 is 5.32 Å². The van der Waals surface area contributed by atoms with E-state index in [1.54, 1.807) is 6.07 Å². The highest BCUT2D eigenvalue weighted by molar-refractivity contribution is 7.89. The van der Waals surface area contributed by atoms with E-state index in [2.05, 4.69) is 5.32 Å². The van der Waals surface area contributed by atoms with Crippen LogP contribution >= 0.6 is 24.0 Å². The number of sulfonamides is 1. The van der Waals surface area contributed by atoms with Crippen molar-refractivity contribution in [1.82, 2.24) is 9.62 Å². The Morgan fingerprint density at radius 2 is 1.92 bits per heavy atom. The van der Waals surface area contributed by atoms with Gasteiger partial charge in [0.2, 0.25) is 10.0 Å². The van der Waals surface area contributed by atoms with Crippen LogP contribution in [0.3, 0.4) is 0 Å². The first-order valence-electron chi connectivity index (χ1n) is 7.94. The normalized spacial score (nSPS) is 19.5. The molecule has 1 aliphatic heterocycles. The van der Waals surface area contributed by atoms with Gasteiger partial charge in [0.1, 0.15) is 11.0 Å². The number of nitrogens with zero attached hydrogens (tertiary/aromatic N) is 2. The lowest BCUT2D eigenvalue weighted by Crippen LogP contribution is -2.45. The van der Waals surface area contributed by atoms with Crippen molar-refractivity contribution in [2.75, 3.05) is 19.6 Å². The van der Waals surface area contributed by atoms with Gasteiger partial charge in [0, 0.05) is 19.1 Å². The van der Waals surface area contributed by atoms with Crippen LogP contribution in [0.5, 0.6) is 0 Å². The first-order valence-corrected chi connectivity index (χ1v) is 9.76. The average molecular weight is 390 g/mol. The van der Waals surface area contributed by atoms with E-state index < -0.39 is 10.0 Å². The summed E-state index contributed by atoms with van der Waals surface area (Å²) in [5.74, 6) is 0.821. The van der Waals surface area contributed by atoms with E-state index in [9.17, 15) is 13.7 Å². The highest BCUT2D eigenvalue weighted by Crippen LogP contribution is 2.29. The van der Waals surface area contributed by atoms with Crippen LogP contribution in [0.2, 0.25) is 5.02 Å². The lowest BCUT2D eigenvalue weighted by molar-refractivity contribution is 0.288. The molecule has 2 fully saturated rings. The van der Waals surface area contributed by atoms with Crippen LogP contribution in [0, 0.1) is 17.2 Å². The fourth-order valence-electron chi connectivity index (χ4n) is 2.92. The van der Waals surface area contributed by atoms with E-state index in [-0.39, 0.29) is 27.9 Å². The fourth-order valence-corrected chi connectivity index (χ4v) is 4.83. The van der Waals surface area contributed by atoms with Crippen molar-refractivity contribution in [2.24, 2.45) is 5.92 Å². The van der Waals surface area contributed by atoms with Gasteiger partial charge in [-0.25, -0.2) is 8.42 Å². The highest BCUT2D eigenvalue weighted by atomic mass is 35.5. The largest absolute Gasteiger partial charge is 0.314 e. The molecule has 5 nitrogen and oxygen atoms in total. The molecular formula is C16H21Cl2N3O2S. The average Bonchev–Trinajstić information content (AvgIpc) is 3.37. The second kappa shape index (κ2) is 8.03. The lowest BCUT2D eigenvalue weighted by atomic mass is 10.1. The molecule has 0 unspecified atom stereocenters. The third-order valence-electron chi connectivity index (χ3n) is 4.55. The van der Waals surface area contributed by atoms with E-state index in [0.717, 1.165) is 25.3 Å². The number of benzene rings is 1. The zero-order valence-electron chi connectivity index (χ0n) is 13.2. The van der Waals surface area contributed by atoms with Crippen LogP contribution in [-0.4, -0.2) is 38.4 Å². The van der Waals surface area contributed by atoms with Crippen molar-refractivity contribution in [3.63, 3.8) is 0 Å². The molecule has 0 spiro atoms. The summed E-state index contributed by atoms with van der Waals surface area (Å²) in [6.45, 7) is 1.99. The molecule has 0 atom stereocenters. The molecule has 0 bridgehead atoms. The summed E-state index contributed by atoms with van der Waals surface area (Å²) in [6, 6.07) is 6.85. The maximum atomic E-state index is 12.8. The molecule has 2 aliphatic rings. The van der Waals surface area contributed by atoms with Gasteiger partial charge in [-0.3, -0.25) is 0 Å². The third-order valence-corrected chi connectivity index (χ3v) is 6.81. The Balaban J connectivity index is 0.00000208. The first-order chi connectivity index (χ1) is 11.0. The summed E-state index contributed by atoms with van der Waals surface area (Å²) >= 11 is 5.96. The van der Waals surface area contributed by atoms with Crippen molar-refractivity contribution in [2.45, 2.75) is 36.6 Å². The van der Waals surface area contributed by atoms with Gasteiger partial charge >= 0.3 is 0 Å². The summed E-state index contributed by atoms with van der Waals surface area (Å²) in [5, 5.41) is 12.9. The van der Waals surface area contributed by atoms with Crippen molar-refractivity contribution in [1.29, 1.82) is 5.26 Å². The molecule has 1 aromatic carbocycles. The summed E-state index contributed by atoms with van der Waals surface area (Å²) in [5.41, 5.74) is 0.0307. The second-order valence-corrected chi connectivity index (χ2v) is 8.57. The standard InChI is InChI=1S/C16H20ClN3O2S.ClH/c17-15-2-1-3-16(14(15)10-18)23(21,22)20-8-6-13(7-9-20)19-11-12-4-5-12;/h1-3,12-13,19H,4-9,11H2;1H. The highest BCUT2D eigenvalue weighted by Gasteiger charge is 2.32. The molecule has 1 aliphatic carbocycles. The molecule has 1 saturated heterocycles. The number of nitrogens with one attached hydrogen (secondary N) is 1. The molecule has 1 saturated carbocycles. The predicted molar refractivity (Wildman–Crippen MR) is 95.9 cm³/mol. The maximum Gasteiger partial charge on any atom is 0.244 e. The van der Waals surface area contributed by atoms with Crippen LogP contribution in [0.25, 0.3) is 0 Å². The molecule has 132 valence electrons. The molecule has 0 amide bonds. The fraction of sp³-hybridized carbons (Fsp3) is 0.562. The quantitative estimate of drug-likeness (QED) is 0.839. The third kappa shape index (κ3) is 4.22. The Hall–Kier alpha value is -0.840. The van der Waals surface area contributed by atoms with Crippen molar-refractivity contribution in [3.8, 4) is 6.07 Å². The van der Waals surface area contributed by atoms with E-state index in [1.807, 2.05) is 6.07 Å². The Bertz CT molecular complexity index is 721. The number of rotatable bonds is 5. The van der Waals surface area contributed by atoms with Gasteiger partial charge in [0.05, 0.1) is 10.6 Å². The van der Waals surface area contributed by atoms with Crippen molar-refractivity contribution >= 4 is 34.0 Å². The van der Waals surface area contributed by atoms with Gasteiger partial charge < -0.3 is 5.32 Å². The zero-order valence-corrected chi connectivity index (χ0v) is 15.6. The summed E-state index contributed by atoms with van der Waals surface area (Å²) in [4.78, 5) is 0.0110. The second-order valence-electron chi connectivity index (χ2n) is 6.25. The minimum atomic E-state index is -3.67. The summed E-state index contributed by atoms with van der Waals surface area (Å²) in [6.07, 6.45) is 4.22. The number of hydrogen-bond donors (Lipinski definition) is 1. The van der Waals surface area contributed by atoms with Gasteiger partial charge in [-0.15, -0.1) is 12.4 Å². The molecule has 24 heavy (non-hydrogen) atoms. The molecule has 0 radical (unpaired) electrons. The lowest BCUT2D eigenvalue weighted by Gasteiger charge is -2.32.